The summed E-state index contributed by atoms with van der Waals surface area (Å²) in [7, 11) is 0. The normalized spacial score (nSPS) is 11.0. The van der Waals surface area contributed by atoms with Crippen molar-refractivity contribution in [3.63, 3.8) is 0 Å². The third-order valence-corrected chi connectivity index (χ3v) is 5.19. The minimum atomic E-state index is -0.267. The number of hydrogen-bond donors (Lipinski definition) is 1. The average molecular weight is 438 g/mol. The number of benzene rings is 3. The van der Waals surface area contributed by atoms with E-state index in [0.29, 0.717) is 16.8 Å². The third-order valence-electron chi connectivity index (χ3n) is 4.19. The summed E-state index contributed by atoms with van der Waals surface area (Å²) < 4.78 is 18.9. The van der Waals surface area contributed by atoms with E-state index < -0.39 is 0 Å². The highest BCUT2D eigenvalue weighted by Crippen LogP contribution is 2.25. The molecule has 1 N–H and O–H groups in total. The Bertz CT molecular complexity index is 1140. The Morgan fingerprint density at radius 2 is 1.87 bits per heavy atom. The van der Waals surface area contributed by atoms with Gasteiger partial charge in [0.2, 0.25) is 5.13 Å². The molecular formula is C23H17ClFN3OS. The van der Waals surface area contributed by atoms with Crippen LogP contribution in [0.25, 0.3) is 11.3 Å². The van der Waals surface area contributed by atoms with E-state index in [4.69, 9.17) is 16.3 Å². The summed E-state index contributed by atoms with van der Waals surface area (Å²) >= 11 is 7.33. The molecule has 0 fully saturated rings. The Kier molecular flexibility index (Phi) is 6.37. The minimum Gasteiger partial charge on any atom is -0.489 e. The first-order valence-electron chi connectivity index (χ1n) is 9.13. The number of hydrazone groups is 1. The third kappa shape index (κ3) is 5.43. The molecule has 0 saturated heterocycles. The monoisotopic (exact) mass is 437 g/mol. The van der Waals surface area contributed by atoms with E-state index in [-0.39, 0.29) is 5.82 Å². The van der Waals surface area contributed by atoms with E-state index >= 15 is 0 Å². The summed E-state index contributed by atoms with van der Waals surface area (Å²) in [5, 5.41) is 7.50. The SMILES string of the molecule is Fc1ccc(-c2csc(N/N=C\c3cccc(OCc4ccc(Cl)cc4)c3)n2)cc1. The van der Waals surface area contributed by atoms with Crippen LogP contribution in [-0.4, -0.2) is 11.2 Å². The second-order valence-corrected chi connectivity index (χ2v) is 7.70. The number of nitrogens with one attached hydrogen (secondary N) is 1. The summed E-state index contributed by atoms with van der Waals surface area (Å²) in [4.78, 5) is 4.47. The zero-order valence-electron chi connectivity index (χ0n) is 15.8. The Labute approximate surface area is 182 Å². The zero-order chi connectivity index (χ0) is 20.8. The summed E-state index contributed by atoms with van der Waals surface area (Å²) in [6.07, 6.45) is 1.70. The standard InChI is InChI=1S/C23H17ClFN3OS/c24-19-8-4-16(5-9-19)14-29-21-3-1-2-17(12-21)13-26-28-23-27-22(15-30-23)18-6-10-20(25)11-7-18/h1-13,15H,14H2,(H,27,28)/b26-13-. The summed E-state index contributed by atoms with van der Waals surface area (Å²) in [5.41, 5.74) is 6.49. The van der Waals surface area contributed by atoms with Crippen molar-refractivity contribution in [2.24, 2.45) is 5.10 Å². The van der Waals surface area contributed by atoms with Crippen LogP contribution in [0, 0.1) is 5.82 Å². The number of halogens is 2. The highest BCUT2D eigenvalue weighted by molar-refractivity contribution is 7.14. The van der Waals surface area contributed by atoms with Crippen molar-refractivity contribution in [3.8, 4) is 17.0 Å². The molecule has 0 radical (unpaired) electrons. The molecule has 0 amide bonds. The number of aromatic nitrogens is 1. The quantitative estimate of drug-likeness (QED) is 0.261. The molecule has 0 saturated carbocycles. The average Bonchev–Trinajstić information content (AvgIpc) is 3.23. The van der Waals surface area contributed by atoms with Crippen LogP contribution in [0.4, 0.5) is 9.52 Å². The van der Waals surface area contributed by atoms with E-state index in [9.17, 15) is 4.39 Å². The predicted octanol–water partition coefficient (Wildman–Crippen LogP) is 6.63. The van der Waals surface area contributed by atoms with Crippen LogP contribution in [0.15, 0.2) is 83.3 Å². The maximum atomic E-state index is 13.1. The molecule has 1 heterocycles. The molecule has 30 heavy (non-hydrogen) atoms. The van der Waals surface area contributed by atoms with Crippen molar-refractivity contribution in [2.45, 2.75) is 6.61 Å². The van der Waals surface area contributed by atoms with Gasteiger partial charge < -0.3 is 4.74 Å². The summed E-state index contributed by atoms with van der Waals surface area (Å²) in [6.45, 7) is 0.460. The fourth-order valence-electron chi connectivity index (χ4n) is 2.67. The van der Waals surface area contributed by atoms with Crippen molar-refractivity contribution in [2.75, 3.05) is 5.43 Å². The number of rotatable bonds is 7. The van der Waals surface area contributed by atoms with Gasteiger partial charge in [-0.3, -0.25) is 5.43 Å². The van der Waals surface area contributed by atoms with Gasteiger partial charge in [0.25, 0.3) is 0 Å². The van der Waals surface area contributed by atoms with E-state index in [1.807, 2.05) is 53.9 Å². The molecule has 3 aromatic carbocycles. The molecule has 4 rings (SSSR count). The van der Waals surface area contributed by atoms with Gasteiger partial charge in [0.1, 0.15) is 18.2 Å². The van der Waals surface area contributed by atoms with E-state index in [0.717, 1.165) is 28.1 Å². The highest BCUT2D eigenvalue weighted by atomic mass is 35.5. The number of hydrogen-bond acceptors (Lipinski definition) is 5. The van der Waals surface area contributed by atoms with Crippen LogP contribution in [-0.2, 0) is 6.61 Å². The van der Waals surface area contributed by atoms with Crippen molar-refractivity contribution < 1.29 is 9.13 Å². The summed E-state index contributed by atoms with van der Waals surface area (Å²) in [5.74, 6) is 0.484. The molecule has 0 spiro atoms. The van der Waals surface area contributed by atoms with E-state index in [1.165, 1.54) is 23.5 Å². The van der Waals surface area contributed by atoms with Crippen LogP contribution in [0.1, 0.15) is 11.1 Å². The van der Waals surface area contributed by atoms with E-state index in [1.54, 1.807) is 18.3 Å². The lowest BCUT2D eigenvalue weighted by atomic mass is 10.2. The topological polar surface area (TPSA) is 46.5 Å². The van der Waals surface area contributed by atoms with Crippen LogP contribution in [0.5, 0.6) is 5.75 Å². The van der Waals surface area contributed by atoms with Crippen LogP contribution in [0.2, 0.25) is 5.02 Å². The van der Waals surface area contributed by atoms with Gasteiger partial charge in [0.05, 0.1) is 11.9 Å². The first-order chi connectivity index (χ1) is 14.7. The van der Waals surface area contributed by atoms with Gasteiger partial charge in [-0.1, -0.05) is 35.9 Å². The molecule has 150 valence electrons. The Morgan fingerprint density at radius 3 is 2.67 bits per heavy atom. The lowest BCUT2D eigenvalue weighted by molar-refractivity contribution is 0.306. The molecule has 0 aliphatic rings. The Morgan fingerprint density at radius 1 is 1.07 bits per heavy atom. The maximum absolute atomic E-state index is 13.1. The van der Waals surface area contributed by atoms with Crippen molar-refractivity contribution in [1.29, 1.82) is 0 Å². The van der Waals surface area contributed by atoms with Gasteiger partial charge >= 0.3 is 0 Å². The minimum absolute atomic E-state index is 0.267. The lowest BCUT2D eigenvalue weighted by Gasteiger charge is -2.07. The Hall–Kier alpha value is -3.22. The van der Waals surface area contributed by atoms with Gasteiger partial charge in [0, 0.05) is 16.0 Å². The largest absolute Gasteiger partial charge is 0.489 e. The molecule has 7 heteroatoms. The molecule has 0 unspecified atom stereocenters. The fourth-order valence-corrected chi connectivity index (χ4v) is 3.47. The van der Waals surface area contributed by atoms with Gasteiger partial charge in [-0.15, -0.1) is 11.3 Å². The number of ether oxygens (including phenoxy) is 1. The van der Waals surface area contributed by atoms with E-state index in [2.05, 4.69) is 15.5 Å². The Balaban J connectivity index is 1.34. The molecule has 0 aliphatic heterocycles. The first-order valence-corrected chi connectivity index (χ1v) is 10.4. The first kappa shape index (κ1) is 20.1. The fraction of sp³-hybridized carbons (Fsp3) is 0.0435. The maximum Gasteiger partial charge on any atom is 0.203 e. The molecule has 0 bridgehead atoms. The lowest BCUT2D eigenvalue weighted by Crippen LogP contribution is -1.96. The molecule has 0 atom stereocenters. The summed E-state index contributed by atoms with van der Waals surface area (Å²) in [6, 6.07) is 21.5. The smallest absolute Gasteiger partial charge is 0.203 e. The van der Waals surface area contributed by atoms with Gasteiger partial charge in [-0.25, -0.2) is 9.37 Å². The second kappa shape index (κ2) is 9.52. The number of anilines is 1. The van der Waals surface area contributed by atoms with Crippen molar-refractivity contribution >= 4 is 34.3 Å². The van der Waals surface area contributed by atoms with Crippen LogP contribution < -0.4 is 10.2 Å². The van der Waals surface area contributed by atoms with Crippen molar-refractivity contribution in [1.82, 2.24) is 4.98 Å². The van der Waals surface area contributed by atoms with Gasteiger partial charge in [-0.05, 0) is 59.7 Å². The van der Waals surface area contributed by atoms with Crippen LogP contribution >= 0.6 is 22.9 Å². The molecule has 0 aliphatic carbocycles. The molecule has 4 aromatic rings. The molecule has 4 nitrogen and oxygen atoms in total. The van der Waals surface area contributed by atoms with Gasteiger partial charge in [-0.2, -0.15) is 5.10 Å². The predicted molar refractivity (Wildman–Crippen MR) is 121 cm³/mol. The zero-order valence-corrected chi connectivity index (χ0v) is 17.3. The van der Waals surface area contributed by atoms with Gasteiger partial charge in [0.15, 0.2) is 0 Å². The number of nitrogens with zero attached hydrogens (tertiary/aromatic N) is 2. The van der Waals surface area contributed by atoms with Crippen molar-refractivity contribution in [3.05, 3.63) is 100 Å². The highest BCUT2D eigenvalue weighted by Gasteiger charge is 2.04. The molecular weight excluding hydrogens is 421 g/mol. The second-order valence-electron chi connectivity index (χ2n) is 6.40. The number of thiazole rings is 1. The van der Waals surface area contributed by atoms with Crippen LogP contribution in [0.3, 0.4) is 0 Å². The molecule has 1 aromatic heterocycles.